The van der Waals surface area contributed by atoms with E-state index in [0.717, 1.165) is 11.6 Å². The Hall–Kier alpha value is -3.06. The van der Waals surface area contributed by atoms with E-state index in [9.17, 15) is 35.1 Å². The van der Waals surface area contributed by atoms with E-state index in [2.05, 4.69) is 0 Å². The molecule has 36 heavy (non-hydrogen) atoms. The van der Waals surface area contributed by atoms with Gasteiger partial charge in [0.2, 0.25) is 0 Å². The lowest BCUT2D eigenvalue weighted by atomic mass is 9.99. The summed E-state index contributed by atoms with van der Waals surface area (Å²) >= 11 is 0. The maximum atomic E-state index is 12.0. The third-order valence-electron chi connectivity index (χ3n) is 5.53. The van der Waals surface area contributed by atoms with Crippen LogP contribution in [0.1, 0.15) is 19.4 Å². The van der Waals surface area contributed by atoms with Gasteiger partial charge in [0.15, 0.2) is 12.4 Å². The van der Waals surface area contributed by atoms with Crippen LogP contribution in [0.5, 0.6) is 5.75 Å². The maximum absolute atomic E-state index is 12.0. The van der Waals surface area contributed by atoms with Gasteiger partial charge in [-0.15, -0.1) is 0 Å². The van der Waals surface area contributed by atoms with Gasteiger partial charge in [0.05, 0.1) is 12.2 Å². The Kier molecular flexibility index (Phi) is 9.37. The normalized spacial score (nSPS) is 31.4. The quantitative estimate of drug-likeness (QED) is 0.182. The van der Waals surface area contributed by atoms with Gasteiger partial charge in [-0.05, 0) is 49.8 Å². The molecule has 11 nitrogen and oxygen atoms in total. The van der Waals surface area contributed by atoms with Gasteiger partial charge in [-0.3, -0.25) is 0 Å². The Bertz CT molecular complexity index is 1010. The molecule has 5 N–H and O–H groups in total. The molecule has 11 heteroatoms. The topological polar surface area (TPSA) is 172 Å². The van der Waals surface area contributed by atoms with Crippen molar-refractivity contribution >= 4 is 18.0 Å². The molecule has 0 aromatic heterocycles. The molecule has 2 fully saturated rings. The first kappa shape index (κ1) is 27.5. The Labute approximate surface area is 207 Å². The number of aliphatic hydroxyl groups excluding tert-OH is 4. The number of allylic oxidation sites excluding steroid dienone is 1. The van der Waals surface area contributed by atoms with Gasteiger partial charge < -0.3 is 44.5 Å². The first-order valence-corrected chi connectivity index (χ1v) is 11.3. The number of phenols is 1. The first-order valence-electron chi connectivity index (χ1n) is 11.3. The van der Waals surface area contributed by atoms with Crippen molar-refractivity contribution in [1.82, 2.24) is 0 Å². The largest absolute Gasteiger partial charge is 0.508 e. The smallest absolute Gasteiger partial charge is 0.337 e. The van der Waals surface area contributed by atoms with Crippen molar-refractivity contribution in [1.29, 1.82) is 0 Å². The monoisotopic (exact) mass is 506 g/mol. The van der Waals surface area contributed by atoms with Crippen LogP contribution >= 0.6 is 0 Å². The van der Waals surface area contributed by atoms with Crippen LogP contribution < -0.4 is 0 Å². The van der Waals surface area contributed by atoms with E-state index >= 15 is 0 Å². The van der Waals surface area contributed by atoms with Crippen molar-refractivity contribution in [2.24, 2.45) is 0 Å². The minimum absolute atomic E-state index is 0.0192. The number of esters is 2. The summed E-state index contributed by atoms with van der Waals surface area (Å²) in [5.74, 6) is -1.38. The zero-order chi connectivity index (χ0) is 26.4. The molecule has 0 aliphatic carbocycles. The van der Waals surface area contributed by atoms with Crippen LogP contribution in [0.15, 0.2) is 53.6 Å². The molecular weight excluding hydrogens is 476 g/mol. The summed E-state index contributed by atoms with van der Waals surface area (Å²) < 4.78 is 21.1. The molecular formula is C25H30O11. The molecule has 7 atom stereocenters. The third-order valence-corrected chi connectivity index (χ3v) is 5.53. The number of ether oxygens (including phenoxy) is 4. The second-order valence-corrected chi connectivity index (χ2v) is 8.62. The van der Waals surface area contributed by atoms with Crippen LogP contribution in [0.25, 0.3) is 6.08 Å². The Morgan fingerprint density at radius 3 is 2.42 bits per heavy atom. The Balaban J connectivity index is 1.55. The highest BCUT2D eigenvalue weighted by Gasteiger charge is 2.45. The van der Waals surface area contributed by atoms with Crippen LogP contribution in [0.4, 0.5) is 0 Å². The highest BCUT2D eigenvalue weighted by molar-refractivity contribution is 5.92. The van der Waals surface area contributed by atoms with E-state index < -0.39 is 61.5 Å². The number of hydrogen-bond donors (Lipinski definition) is 5. The van der Waals surface area contributed by atoms with Gasteiger partial charge in [0, 0.05) is 6.08 Å². The van der Waals surface area contributed by atoms with E-state index in [4.69, 9.17) is 18.9 Å². The van der Waals surface area contributed by atoms with Gasteiger partial charge in [0.25, 0.3) is 0 Å². The van der Waals surface area contributed by atoms with E-state index in [1.54, 1.807) is 32.1 Å². The lowest BCUT2D eigenvalue weighted by molar-refractivity contribution is -0.299. The molecule has 0 bridgehead atoms. The second-order valence-electron chi connectivity index (χ2n) is 8.62. The summed E-state index contributed by atoms with van der Waals surface area (Å²) in [5.41, 5.74) is 1.48. The van der Waals surface area contributed by atoms with Crippen molar-refractivity contribution < 1.29 is 54.1 Å². The molecule has 3 rings (SSSR count). The van der Waals surface area contributed by atoms with Crippen molar-refractivity contribution in [2.45, 2.75) is 56.8 Å². The molecule has 2 saturated heterocycles. The molecule has 2 aliphatic rings. The van der Waals surface area contributed by atoms with E-state index in [1.165, 1.54) is 24.3 Å². The molecule has 0 amide bonds. The van der Waals surface area contributed by atoms with Gasteiger partial charge in [-0.25, -0.2) is 9.59 Å². The van der Waals surface area contributed by atoms with Gasteiger partial charge in [-0.2, -0.15) is 0 Å². The summed E-state index contributed by atoms with van der Waals surface area (Å²) in [5, 5.41) is 50.2. The van der Waals surface area contributed by atoms with Crippen LogP contribution in [-0.4, -0.2) is 93.6 Å². The van der Waals surface area contributed by atoms with Crippen molar-refractivity contribution in [3.05, 3.63) is 59.2 Å². The predicted octanol–water partition coefficient (Wildman–Crippen LogP) is -0.0483. The highest BCUT2D eigenvalue weighted by atomic mass is 16.7. The number of phenolic OH excluding ortho intramolecular Hbond substituents is 1. The summed E-state index contributed by atoms with van der Waals surface area (Å²) in [4.78, 5) is 24.0. The molecule has 2 heterocycles. The van der Waals surface area contributed by atoms with Crippen molar-refractivity contribution in [3.63, 3.8) is 0 Å². The zero-order valence-corrected chi connectivity index (χ0v) is 19.8. The molecule has 0 unspecified atom stereocenters. The number of aliphatic hydroxyl groups is 4. The fourth-order valence-electron chi connectivity index (χ4n) is 3.60. The van der Waals surface area contributed by atoms with Crippen molar-refractivity contribution in [3.8, 4) is 5.75 Å². The van der Waals surface area contributed by atoms with Crippen LogP contribution in [-0.2, 0) is 28.5 Å². The minimum Gasteiger partial charge on any atom is -0.508 e. The molecule has 1 aromatic carbocycles. The summed E-state index contributed by atoms with van der Waals surface area (Å²) in [7, 11) is 0. The maximum Gasteiger partial charge on any atom is 0.337 e. The molecule has 196 valence electrons. The van der Waals surface area contributed by atoms with Crippen LogP contribution in [0.3, 0.4) is 0 Å². The highest BCUT2D eigenvalue weighted by Crippen LogP contribution is 2.25. The second kappa shape index (κ2) is 12.3. The third kappa shape index (κ3) is 7.00. The fourth-order valence-corrected chi connectivity index (χ4v) is 3.60. The standard InChI is InChI=1S/C25H30O11/c1-13(2)11-17-20(28)16(24(32)35-17)9-10-33-25-23(31)22(30)21(29)18(36-25)12-34-19(27)8-5-14-3-6-15(26)7-4-14/h3-9,11,17-18,20-23,25-26,28-31H,10,12H2,1-2H3/b8-5+,16-9-/t17-,18-,20+,21+,22+,23+,25-/m0/s1. The number of cyclic esters (lactones) is 1. The number of aromatic hydroxyl groups is 1. The molecule has 0 radical (unpaired) electrons. The summed E-state index contributed by atoms with van der Waals surface area (Å²) in [6.45, 7) is 2.87. The first-order chi connectivity index (χ1) is 17.1. The number of benzene rings is 1. The van der Waals surface area contributed by atoms with Gasteiger partial charge in [-0.1, -0.05) is 17.7 Å². The minimum atomic E-state index is -1.66. The molecule has 1 aromatic rings. The summed E-state index contributed by atoms with van der Waals surface area (Å²) in [6, 6.07) is 6.10. The Morgan fingerprint density at radius 1 is 1.06 bits per heavy atom. The molecule has 2 aliphatic heterocycles. The average molecular weight is 507 g/mol. The van der Waals surface area contributed by atoms with E-state index in [1.807, 2.05) is 0 Å². The Morgan fingerprint density at radius 2 is 1.75 bits per heavy atom. The number of rotatable bonds is 8. The number of carbonyl (C=O) groups excluding carboxylic acids is 2. The fraction of sp³-hybridized carbons (Fsp3) is 0.440. The van der Waals surface area contributed by atoms with Crippen molar-refractivity contribution in [2.75, 3.05) is 13.2 Å². The van der Waals surface area contributed by atoms with E-state index in [-0.39, 0.29) is 17.9 Å². The molecule has 0 saturated carbocycles. The lowest BCUT2D eigenvalue weighted by Gasteiger charge is -2.39. The number of carbonyl (C=O) groups is 2. The average Bonchev–Trinajstić information content (AvgIpc) is 3.09. The lowest BCUT2D eigenvalue weighted by Crippen LogP contribution is -2.59. The van der Waals surface area contributed by atoms with Crippen LogP contribution in [0, 0.1) is 0 Å². The molecule has 0 spiro atoms. The van der Waals surface area contributed by atoms with Gasteiger partial charge in [0.1, 0.15) is 42.9 Å². The number of hydrogen-bond acceptors (Lipinski definition) is 11. The zero-order valence-electron chi connectivity index (χ0n) is 19.8. The summed E-state index contributed by atoms with van der Waals surface area (Å²) in [6.07, 6.45) is -3.99. The van der Waals surface area contributed by atoms with Crippen LogP contribution in [0.2, 0.25) is 0 Å². The van der Waals surface area contributed by atoms with Gasteiger partial charge >= 0.3 is 11.9 Å². The predicted molar refractivity (Wildman–Crippen MR) is 124 cm³/mol. The van der Waals surface area contributed by atoms with E-state index in [0.29, 0.717) is 5.56 Å². The SMILES string of the molecule is CC(C)=C[C@@H]1OC(=O)/C(=C\CO[C@H]2O[C@@H](COC(=O)/C=C/c3ccc(O)cc3)[C@@H](O)[C@@H](O)[C@H]2O)[C@H]1O.